The second kappa shape index (κ2) is 5.50. The van der Waals surface area contributed by atoms with E-state index in [0.29, 0.717) is 5.76 Å². The Morgan fingerprint density at radius 2 is 2.41 bits per heavy atom. The van der Waals surface area contributed by atoms with Crippen molar-refractivity contribution < 1.29 is 13.6 Å². The van der Waals surface area contributed by atoms with Gasteiger partial charge in [0, 0.05) is 28.7 Å². The third-order valence-corrected chi connectivity index (χ3v) is 3.90. The van der Waals surface area contributed by atoms with E-state index in [4.69, 9.17) is 8.83 Å². The Morgan fingerprint density at radius 3 is 3.00 bits per heavy atom. The molecule has 2 heterocycles. The van der Waals surface area contributed by atoms with Crippen LogP contribution in [0.2, 0.25) is 0 Å². The fourth-order valence-electron chi connectivity index (χ4n) is 1.04. The molecule has 1 amide bonds. The quantitative estimate of drug-likeness (QED) is 0.482. The van der Waals surface area contributed by atoms with Crippen LogP contribution in [0.15, 0.2) is 42.9 Å². The molecular formula is C10H6BrIN2O3. The van der Waals surface area contributed by atoms with Gasteiger partial charge in [-0.2, -0.15) is 5.10 Å². The monoisotopic (exact) mass is 408 g/mol. The highest BCUT2D eigenvalue weighted by atomic mass is 127. The van der Waals surface area contributed by atoms with Crippen LogP contribution in [0.5, 0.6) is 0 Å². The molecule has 17 heavy (non-hydrogen) atoms. The average Bonchev–Trinajstić information content (AvgIpc) is 2.90. The lowest BCUT2D eigenvalue weighted by Crippen LogP contribution is -2.16. The number of nitrogens with zero attached hydrogens (tertiary/aromatic N) is 1. The highest BCUT2D eigenvalue weighted by molar-refractivity contribution is 14.1. The van der Waals surface area contributed by atoms with E-state index < -0.39 is 5.91 Å². The fraction of sp³-hybridized carbons (Fsp3) is 0. The molecule has 5 nitrogen and oxygen atoms in total. The molecule has 0 unspecified atom stereocenters. The van der Waals surface area contributed by atoms with E-state index in [9.17, 15) is 4.79 Å². The summed E-state index contributed by atoms with van der Waals surface area (Å²) >= 11 is 5.34. The van der Waals surface area contributed by atoms with Gasteiger partial charge in [-0.3, -0.25) is 4.79 Å². The number of hydrogen-bond acceptors (Lipinski definition) is 4. The maximum Gasteiger partial charge on any atom is 0.307 e. The van der Waals surface area contributed by atoms with Gasteiger partial charge < -0.3 is 8.83 Å². The Morgan fingerprint density at radius 1 is 1.59 bits per heavy atom. The van der Waals surface area contributed by atoms with Crippen LogP contribution in [0.3, 0.4) is 0 Å². The summed E-state index contributed by atoms with van der Waals surface area (Å²) in [5.74, 6) is 0.338. The lowest BCUT2D eigenvalue weighted by atomic mass is 10.4. The normalized spacial score (nSPS) is 10.9. The maximum atomic E-state index is 11.4. The molecule has 0 spiro atoms. The van der Waals surface area contributed by atoms with Crippen LogP contribution in [0.4, 0.5) is 0 Å². The fourth-order valence-corrected chi connectivity index (χ4v) is 1.76. The van der Waals surface area contributed by atoms with Gasteiger partial charge in [0.1, 0.15) is 5.76 Å². The number of amides is 1. The molecule has 0 saturated carbocycles. The van der Waals surface area contributed by atoms with Gasteiger partial charge >= 0.3 is 5.91 Å². The van der Waals surface area contributed by atoms with Crippen molar-refractivity contribution in [2.45, 2.75) is 0 Å². The van der Waals surface area contributed by atoms with E-state index in [1.165, 1.54) is 12.5 Å². The smallest absolute Gasteiger partial charge is 0.307 e. The van der Waals surface area contributed by atoms with Crippen molar-refractivity contribution in [2.24, 2.45) is 5.10 Å². The van der Waals surface area contributed by atoms with Crippen molar-refractivity contribution in [1.82, 2.24) is 5.43 Å². The number of carbonyl (C=O) groups excluding carboxylic acids is 1. The summed E-state index contributed by atoms with van der Waals surface area (Å²) in [6, 6.07) is 4.94. The standard InChI is InChI=1S/C10H6BrIN2O3/c11-7-4-6(17-9(7)12)5-13-14-10(15)8-2-1-3-16-8/h1-5H,(H,14,15). The first-order valence-corrected chi connectivity index (χ1v) is 6.36. The SMILES string of the molecule is O=C(NN=Cc1cc(Br)c(I)o1)c1ccco1. The number of hydrogen-bond donors (Lipinski definition) is 1. The summed E-state index contributed by atoms with van der Waals surface area (Å²) in [6.45, 7) is 0. The molecular weight excluding hydrogens is 403 g/mol. The molecule has 2 aromatic heterocycles. The zero-order valence-electron chi connectivity index (χ0n) is 8.31. The summed E-state index contributed by atoms with van der Waals surface area (Å²) in [4.78, 5) is 11.4. The predicted octanol–water partition coefficient (Wildman–Crippen LogP) is 3.00. The van der Waals surface area contributed by atoms with Gasteiger partial charge in [-0.1, -0.05) is 0 Å². The second-order valence-corrected chi connectivity index (χ2v) is 4.78. The van der Waals surface area contributed by atoms with Gasteiger partial charge in [-0.05, 0) is 28.1 Å². The van der Waals surface area contributed by atoms with Gasteiger partial charge in [0.25, 0.3) is 0 Å². The number of rotatable bonds is 3. The minimum Gasteiger partial charge on any atom is -0.459 e. The Labute approximate surface area is 119 Å². The van der Waals surface area contributed by atoms with Crippen molar-refractivity contribution in [3.05, 3.63) is 44.2 Å². The van der Waals surface area contributed by atoms with Gasteiger partial charge in [0.05, 0.1) is 17.0 Å². The van der Waals surface area contributed by atoms with Crippen molar-refractivity contribution in [2.75, 3.05) is 0 Å². The zero-order chi connectivity index (χ0) is 12.3. The Hall–Kier alpha value is -1.09. The van der Waals surface area contributed by atoms with E-state index in [0.717, 1.165) is 8.24 Å². The van der Waals surface area contributed by atoms with E-state index in [1.54, 1.807) is 18.2 Å². The molecule has 88 valence electrons. The summed E-state index contributed by atoms with van der Waals surface area (Å²) in [7, 11) is 0. The van der Waals surface area contributed by atoms with Gasteiger partial charge in [-0.15, -0.1) is 0 Å². The lowest BCUT2D eigenvalue weighted by molar-refractivity contribution is 0.0927. The second-order valence-electron chi connectivity index (χ2n) is 2.95. The van der Waals surface area contributed by atoms with E-state index in [1.807, 2.05) is 22.6 Å². The van der Waals surface area contributed by atoms with Crippen molar-refractivity contribution >= 4 is 50.6 Å². The highest BCUT2D eigenvalue weighted by Gasteiger charge is 2.07. The van der Waals surface area contributed by atoms with Crippen LogP contribution in [-0.4, -0.2) is 12.1 Å². The molecule has 0 bridgehead atoms. The first-order chi connectivity index (χ1) is 8.16. The molecule has 0 radical (unpaired) electrons. The minimum atomic E-state index is -0.411. The molecule has 1 N–H and O–H groups in total. The molecule has 0 aliphatic heterocycles. The van der Waals surface area contributed by atoms with E-state index >= 15 is 0 Å². The van der Waals surface area contributed by atoms with Gasteiger partial charge in [-0.25, -0.2) is 5.43 Å². The predicted molar refractivity (Wildman–Crippen MR) is 72.9 cm³/mol. The Bertz CT molecular complexity index is 528. The topological polar surface area (TPSA) is 67.7 Å². The van der Waals surface area contributed by atoms with Crippen molar-refractivity contribution in [1.29, 1.82) is 0 Å². The van der Waals surface area contributed by atoms with E-state index in [-0.39, 0.29) is 5.76 Å². The minimum absolute atomic E-state index is 0.206. The van der Waals surface area contributed by atoms with Crippen molar-refractivity contribution in [3.63, 3.8) is 0 Å². The van der Waals surface area contributed by atoms with Crippen LogP contribution >= 0.6 is 38.5 Å². The number of furan rings is 2. The number of halogens is 2. The molecule has 0 aromatic carbocycles. The molecule has 0 saturated heterocycles. The van der Waals surface area contributed by atoms with Crippen LogP contribution in [-0.2, 0) is 0 Å². The summed E-state index contributed by atoms with van der Waals surface area (Å²) < 4.78 is 11.8. The molecule has 0 aliphatic rings. The molecule has 0 fully saturated rings. The highest BCUT2D eigenvalue weighted by Crippen LogP contribution is 2.21. The molecule has 0 atom stereocenters. The first-order valence-electron chi connectivity index (χ1n) is 4.48. The molecule has 2 aromatic rings. The zero-order valence-corrected chi connectivity index (χ0v) is 12.1. The van der Waals surface area contributed by atoms with Crippen LogP contribution in [0, 0.1) is 3.77 Å². The first kappa shape index (κ1) is 12.4. The number of carbonyl (C=O) groups is 1. The third-order valence-electron chi connectivity index (χ3n) is 1.77. The Kier molecular flexibility index (Phi) is 4.00. The van der Waals surface area contributed by atoms with Gasteiger partial charge in [0.2, 0.25) is 0 Å². The van der Waals surface area contributed by atoms with Crippen LogP contribution in [0.25, 0.3) is 0 Å². The lowest BCUT2D eigenvalue weighted by Gasteiger charge is -1.93. The maximum absolute atomic E-state index is 11.4. The molecule has 2 rings (SSSR count). The third kappa shape index (κ3) is 3.19. The van der Waals surface area contributed by atoms with Crippen LogP contribution in [0.1, 0.15) is 16.3 Å². The summed E-state index contributed by atoms with van der Waals surface area (Å²) in [5.41, 5.74) is 2.32. The van der Waals surface area contributed by atoms with E-state index in [2.05, 4.69) is 26.5 Å². The van der Waals surface area contributed by atoms with Crippen LogP contribution < -0.4 is 5.43 Å². The largest absolute Gasteiger partial charge is 0.459 e. The number of nitrogens with one attached hydrogen (secondary N) is 1. The summed E-state index contributed by atoms with van der Waals surface area (Å²) in [5, 5.41) is 3.75. The molecule has 7 heteroatoms. The van der Waals surface area contributed by atoms with Gasteiger partial charge in [0.15, 0.2) is 9.53 Å². The average molecular weight is 409 g/mol. The number of hydrazone groups is 1. The van der Waals surface area contributed by atoms with Crippen molar-refractivity contribution in [3.8, 4) is 0 Å². The summed E-state index contributed by atoms with van der Waals surface area (Å²) in [6.07, 6.45) is 2.83. The Balaban J connectivity index is 1.96. The molecule has 0 aliphatic carbocycles.